The second kappa shape index (κ2) is 2.89. The molecule has 0 bridgehead atoms. The second-order valence-corrected chi connectivity index (χ2v) is 4.13. The van der Waals surface area contributed by atoms with Crippen LogP contribution < -0.4 is 5.73 Å². The molecule has 2 N–H and O–H groups in total. The highest BCUT2D eigenvalue weighted by molar-refractivity contribution is 7.10. The number of nitriles is 1. The van der Waals surface area contributed by atoms with Crippen molar-refractivity contribution in [3.63, 3.8) is 0 Å². The van der Waals surface area contributed by atoms with Crippen molar-refractivity contribution in [1.82, 2.24) is 0 Å². The van der Waals surface area contributed by atoms with Crippen LogP contribution in [0.1, 0.15) is 22.8 Å². The lowest BCUT2D eigenvalue weighted by atomic mass is 10.2. The Hall–Kier alpha value is -0.850. The summed E-state index contributed by atoms with van der Waals surface area (Å²) in [6, 6.07) is 4.13. The largest absolute Gasteiger partial charge is 0.330 e. The molecule has 1 saturated carbocycles. The molecule has 1 fully saturated rings. The van der Waals surface area contributed by atoms with Crippen molar-refractivity contribution < 1.29 is 0 Å². The molecule has 0 radical (unpaired) electrons. The number of hydrogen-bond acceptors (Lipinski definition) is 3. The molecule has 2 unspecified atom stereocenters. The summed E-state index contributed by atoms with van der Waals surface area (Å²) in [6.45, 7) is 0.782. The Bertz CT molecular complexity index is 324. The molecule has 0 spiro atoms. The number of rotatable bonds is 2. The first-order chi connectivity index (χ1) is 5.85. The van der Waals surface area contributed by atoms with Gasteiger partial charge in [-0.25, -0.2) is 0 Å². The molecule has 2 nitrogen and oxygen atoms in total. The fourth-order valence-electron chi connectivity index (χ4n) is 1.46. The average Bonchev–Trinajstić information content (AvgIpc) is 2.75. The van der Waals surface area contributed by atoms with Gasteiger partial charge in [-0.3, -0.25) is 0 Å². The van der Waals surface area contributed by atoms with E-state index in [-0.39, 0.29) is 0 Å². The molecule has 12 heavy (non-hydrogen) atoms. The Kier molecular flexibility index (Phi) is 1.87. The quantitative estimate of drug-likeness (QED) is 0.749. The van der Waals surface area contributed by atoms with E-state index < -0.39 is 0 Å². The maximum Gasteiger partial charge on any atom is 0.100 e. The van der Waals surface area contributed by atoms with Gasteiger partial charge in [-0.15, -0.1) is 11.3 Å². The summed E-state index contributed by atoms with van der Waals surface area (Å²) < 4.78 is 0. The third kappa shape index (κ3) is 1.24. The first-order valence-electron chi connectivity index (χ1n) is 4.03. The Morgan fingerprint density at radius 3 is 3.08 bits per heavy atom. The van der Waals surface area contributed by atoms with Gasteiger partial charge in [0.15, 0.2) is 0 Å². The molecule has 1 aliphatic carbocycles. The zero-order valence-corrected chi connectivity index (χ0v) is 7.47. The van der Waals surface area contributed by atoms with Gasteiger partial charge < -0.3 is 5.73 Å². The third-order valence-corrected chi connectivity index (χ3v) is 3.40. The van der Waals surface area contributed by atoms with Gasteiger partial charge in [0.1, 0.15) is 6.07 Å². The van der Waals surface area contributed by atoms with Gasteiger partial charge in [0.05, 0.1) is 5.56 Å². The van der Waals surface area contributed by atoms with Crippen molar-refractivity contribution in [1.29, 1.82) is 5.26 Å². The lowest BCUT2D eigenvalue weighted by Crippen LogP contribution is -2.01. The third-order valence-electron chi connectivity index (χ3n) is 2.34. The molecule has 2 rings (SSSR count). The number of thiophene rings is 1. The van der Waals surface area contributed by atoms with Gasteiger partial charge >= 0.3 is 0 Å². The summed E-state index contributed by atoms with van der Waals surface area (Å²) in [5, 5.41) is 10.5. The predicted octanol–water partition coefficient (Wildman–Crippen LogP) is 1.68. The Balaban J connectivity index is 2.11. The number of nitrogens with zero attached hydrogens (tertiary/aromatic N) is 1. The van der Waals surface area contributed by atoms with Crippen molar-refractivity contribution in [2.45, 2.75) is 12.3 Å². The van der Waals surface area contributed by atoms with E-state index in [1.165, 1.54) is 11.3 Å². The molecule has 1 heterocycles. The summed E-state index contributed by atoms with van der Waals surface area (Å²) >= 11 is 1.69. The molecule has 1 aromatic rings. The van der Waals surface area contributed by atoms with Crippen LogP contribution in [-0.2, 0) is 0 Å². The van der Waals surface area contributed by atoms with Crippen LogP contribution in [0, 0.1) is 17.2 Å². The molecule has 1 aromatic heterocycles. The zero-order valence-electron chi connectivity index (χ0n) is 6.66. The van der Waals surface area contributed by atoms with Crippen LogP contribution in [0.2, 0.25) is 0 Å². The van der Waals surface area contributed by atoms with Crippen LogP contribution in [0.3, 0.4) is 0 Å². The van der Waals surface area contributed by atoms with Crippen LogP contribution >= 0.6 is 11.3 Å². The molecule has 62 valence electrons. The van der Waals surface area contributed by atoms with Crippen molar-refractivity contribution in [3.05, 3.63) is 21.9 Å². The number of nitrogens with two attached hydrogens (primary N) is 1. The second-order valence-electron chi connectivity index (χ2n) is 3.19. The first kappa shape index (κ1) is 7.78. The standard InChI is InChI=1S/C9H10N2S/c10-3-6-1-9(12-5-6)8-2-7(8)4-11/h1,5,7-8H,2,4,11H2. The van der Waals surface area contributed by atoms with E-state index in [1.807, 2.05) is 11.4 Å². The molecular formula is C9H10N2S. The monoisotopic (exact) mass is 178 g/mol. The van der Waals surface area contributed by atoms with Gasteiger partial charge in [0, 0.05) is 10.3 Å². The molecule has 0 amide bonds. The normalized spacial score (nSPS) is 26.7. The lowest BCUT2D eigenvalue weighted by molar-refractivity contribution is 0.815. The SMILES string of the molecule is N#Cc1csc(C2CC2CN)c1. The summed E-state index contributed by atoms with van der Waals surface area (Å²) in [5.41, 5.74) is 6.33. The molecule has 1 aliphatic rings. The van der Waals surface area contributed by atoms with Crippen LogP contribution in [0.4, 0.5) is 0 Å². The smallest absolute Gasteiger partial charge is 0.100 e. The highest BCUT2D eigenvalue weighted by atomic mass is 32.1. The maximum atomic E-state index is 8.61. The average molecular weight is 178 g/mol. The summed E-state index contributed by atoms with van der Waals surface area (Å²) in [4.78, 5) is 1.34. The Labute approximate surface area is 75.6 Å². The van der Waals surface area contributed by atoms with Crippen LogP contribution in [0.5, 0.6) is 0 Å². The van der Waals surface area contributed by atoms with Crippen LogP contribution in [0.25, 0.3) is 0 Å². The van der Waals surface area contributed by atoms with Gasteiger partial charge in [-0.2, -0.15) is 5.26 Å². The number of hydrogen-bond donors (Lipinski definition) is 1. The van der Waals surface area contributed by atoms with Crippen molar-refractivity contribution in [3.8, 4) is 6.07 Å². The summed E-state index contributed by atoms with van der Waals surface area (Å²) in [5.74, 6) is 1.33. The molecule has 3 heteroatoms. The van der Waals surface area contributed by atoms with Crippen LogP contribution in [0.15, 0.2) is 11.4 Å². The van der Waals surface area contributed by atoms with Gasteiger partial charge in [-0.1, -0.05) is 0 Å². The first-order valence-corrected chi connectivity index (χ1v) is 4.91. The minimum atomic E-state index is 0.655. The fraction of sp³-hybridized carbons (Fsp3) is 0.444. The lowest BCUT2D eigenvalue weighted by Gasteiger charge is -1.90. The van der Waals surface area contributed by atoms with Crippen molar-refractivity contribution >= 4 is 11.3 Å². The van der Waals surface area contributed by atoms with E-state index in [0.717, 1.165) is 12.1 Å². The van der Waals surface area contributed by atoms with E-state index >= 15 is 0 Å². The molecule has 0 aromatic carbocycles. The van der Waals surface area contributed by atoms with Gasteiger partial charge in [0.25, 0.3) is 0 Å². The maximum absolute atomic E-state index is 8.61. The van der Waals surface area contributed by atoms with Gasteiger partial charge in [-0.05, 0) is 30.9 Å². The molecular weight excluding hydrogens is 168 g/mol. The van der Waals surface area contributed by atoms with E-state index in [4.69, 9.17) is 11.0 Å². The van der Waals surface area contributed by atoms with Crippen LogP contribution in [-0.4, -0.2) is 6.54 Å². The van der Waals surface area contributed by atoms with E-state index in [0.29, 0.717) is 11.8 Å². The topological polar surface area (TPSA) is 49.8 Å². The van der Waals surface area contributed by atoms with E-state index in [2.05, 4.69) is 6.07 Å². The minimum absolute atomic E-state index is 0.655. The molecule has 0 saturated heterocycles. The summed E-state index contributed by atoms with van der Waals surface area (Å²) in [6.07, 6.45) is 1.21. The van der Waals surface area contributed by atoms with Crippen molar-refractivity contribution in [2.24, 2.45) is 11.7 Å². The predicted molar refractivity (Wildman–Crippen MR) is 48.9 cm³/mol. The minimum Gasteiger partial charge on any atom is -0.330 e. The fourth-order valence-corrected chi connectivity index (χ4v) is 2.50. The van der Waals surface area contributed by atoms with Gasteiger partial charge in [0.2, 0.25) is 0 Å². The van der Waals surface area contributed by atoms with Crippen molar-refractivity contribution in [2.75, 3.05) is 6.54 Å². The molecule has 0 aliphatic heterocycles. The zero-order chi connectivity index (χ0) is 8.55. The Morgan fingerprint density at radius 2 is 2.58 bits per heavy atom. The summed E-state index contributed by atoms with van der Waals surface area (Å²) in [7, 11) is 0. The highest BCUT2D eigenvalue weighted by Gasteiger charge is 2.37. The molecule has 2 atom stereocenters. The van der Waals surface area contributed by atoms with E-state index in [1.54, 1.807) is 11.3 Å². The highest BCUT2D eigenvalue weighted by Crippen LogP contribution is 2.48. The van der Waals surface area contributed by atoms with E-state index in [9.17, 15) is 0 Å². The Morgan fingerprint density at radius 1 is 1.75 bits per heavy atom.